The summed E-state index contributed by atoms with van der Waals surface area (Å²) < 4.78 is 16.8. The number of carbonyl (C=O) groups is 1. The molecule has 1 aliphatic rings. The second-order valence-electron chi connectivity index (χ2n) is 8.47. The van der Waals surface area contributed by atoms with E-state index >= 15 is 0 Å². The number of rotatable bonds is 7. The topological polar surface area (TPSA) is 89.2 Å². The summed E-state index contributed by atoms with van der Waals surface area (Å²) in [5.74, 6) is 0.643. The van der Waals surface area contributed by atoms with Gasteiger partial charge >= 0.3 is 0 Å². The highest BCUT2D eigenvalue weighted by Crippen LogP contribution is 2.41. The van der Waals surface area contributed by atoms with Gasteiger partial charge in [0.25, 0.3) is 5.91 Å². The van der Waals surface area contributed by atoms with E-state index in [0.717, 1.165) is 11.3 Å². The van der Waals surface area contributed by atoms with Gasteiger partial charge in [0.2, 0.25) is 5.76 Å². The van der Waals surface area contributed by atoms with Crippen LogP contribution >= 0.6 is 11.6 Å². The van der Waals surface area contributed by atoms with Crippen molar-refractivity contribution in [2.24, 2.45) is 0 Å². The third kappa shape index (κ3) is 4.16. The van der Waals surface area contributed by atoms with Crippen molar-refractivity contribution in [3.05, 3.63) is 98.4 Å². The fourth-order valence-corrected chi connectivity index (χ4v) is 4.76. The lowest BCUT2D eigenvalue weighted by Gasteiger charge is -2.25. The highest BCUT2D eigenvalue weighted by molar-refractivity contribution is 6.31. The minimum Gasteiger partial charge on any atom is -0.504 e. The molecule has 1 unspecified atom stereocenters. The number of amides is 1. The van der Waals surface area contributed by atoms with E-state index < -0.39 is 6.04 Å². The summed E-state index contributed by atoms with van der Waals surface area (Å²) in [4.78, 5) is 28.9. The van der Waals surface area contributed by atoms with Crippen molar-refractivity contribution in [3.8, 4) is 17.2 Å². The number of phenolic OH excluding ortho intramolecular Hbond substituents is 1. The molecule has 0 radical (unpaired) electrons. The molecule has 8 heteroatoms. The van der Waals surface area contributed by atoms with Crippen LogP contribution in [-0.2, 0) is 6.42 Å². The molecule has 2 heterocycles. The number of methoxy groups -OCH3 is 1. The fourth-order valence-electron chi connectivity index (χ4n) is 4.58. The first-order valence-corrected chi connectivity index (χ1v) is 11.9. The Bertz CT molecular complexity index is 1510. The number of benzene rings is 3. The van der Waals surface area contributed by atoms with Crippen molar-refractivity contribution in [1.29, 1.82) is 0 Å². The minimum atomic E-state index is -0.717. The van der Waals surface area contributed by atoms with Crippen LogP contribution in [0.4, 0.5) is 0 Å². The number of halogens is 1. The Kier molecular flexibility index (Phi) is 6.33. The van der Waals surface area contributed by atoms with E-state index in [9.17, 15) is 14.7 Å². The third-order valence-corrected chi connectivity index (χ3v) is 6.56. The van der Waals surface area contributed by atoms with Crippen LogP contribution in [0.3, 0.4) is 0 Å². The number of hydrogen-bond donors (Lipinski definition) is 1. The number of aromatic hydroxyl groups is 1. The molecule has 0 fully saturated rings. The van der Waals surface area contributed by atoms with Crippen LogP contribution in [0.25, 0.3) is 11.0 Å². The molecule has 7 nitrogen and oxygen atoms in total. The molecule has 184 valence electrons. The number of carbonyl (C=O) groups excluding carboxylic acids is 1. The maximum absolute atomic E-state index is 13.7. The predicted octanol–water partition coefficient (Wildman–Crippen LogP) is 5.35. The van der Waals surface area contributed by atoms with Crippen molar-refractivity contribution in [2.45, 2.75) is 19.4 Å². The smallest absolute Gasteiger partial charge is 0.290 e. The van der Waals surface area contributed by atoms with E-state index in [0.29, 0.717) is 41.1 Å². The van der Waals surface area contributed by atoms with E-state index in [4.69, 9.17) is 25.5 Å². The van der Waals surface area contributed by atoms with E-state index in [1.165, 1.54) is 6.07 Å². The van der Waals surface area contributed by atoms with Gasteiger partial charge in [-0.25, -0.2) is 0 Å². The summed E-state index contributed by atoms with van der Waals surface area (Å²) in [6, 6.07) is 16.5. The minimum absolute atomic E-state index is 0.0144. The Balaban J connectivity index is 1.62. The van der Waals surface area contributed by atoms with E-state index in [1.807, 2.05) is 31.2 Å². The van der Waals surface area contributed by atoms with Crippen LogP contribution in [0.1, 0.15) is 40.2 Å². The Morgan fingerprint density at radius 1 is 1.06 bits per heavy atom. The molecule has 3 aromatic carbocycles. The lowest BCUT2D eigenvalue weighted by molar-refractivity contribution is 0.0730. The van der Waals surface area contributed by atoms with Crippen molar-refractivity contribution in [1.82, 2.24) is 4.90 Å². The first-order valence-electron chi connectivity index (χ1n) is 11.6. The first kappa shape index (κ1) is 23.8. The zero-order valence-corrected chi connectivity index (χ0v) is 20.5. The number of ether oxygens (including phenoxy) is 2. The zero-order chi connectivity index (χ0) is 25.4. The molecule has 36 heavy (non-hydrogen) atoms. The van der Waals surface area contributed by atoms with Gasteiger partial charge in [0.15, 0.2) is 16.9 Å². The third-order valence-electron chi connectivity index (χ3n) is 6.33. The molecule has 1 atom stereocenters. The quantitative estimate of drug-likeness (QED) is 0.364. The second-order valence-corrected chi connectivity index (χ2v) is 8.91. The summed E-state index contributed by atoms with van der Waals surface area (Å²) in [6.07, 6.45) is 0.552. The van der Waals surface area contributed by atoms with Crippen molar-refractivity contribution >= 4 is 28.5 Å². The summed E-state index contributed by atoms with van der Waals surface area (Å²) in [5.41, 5.74) is 1.87. The molecular weight excluding hydrogens is 482 g/mol. The number of nitrogens with zero attached hydrogens (tertiary/aromatic N) is 1. The monoisotopic (exact) mass is 505 g/mol. The average molecular weight is 506 g/mol. The highest BCUT2D eigenvalue weighted by atomic mass is 35.5. The molecule has 1 amide bonds. The Morgan fingerprint density at radius 2 is 1.83 bits per heavy atom. The molecule has 1 aliphatic heterocycles. The maximum Gasteiger partial charge on any atom is 0.290 e. The van der Waals surface area contributed by atoms with Gasteiger partial charge in [-0.05, 0) is 66.9 Å². The Morgan fingerprint density at radius 3 is 2.56 bits per heavy atom. The van der Waals surface area contributed by atoms with Gasteiger partial charge in [-0.15, -0.1) is 0 Å². The number of hydrogen-bond acceptors (Lipinski definition) is 6. The molecule has 0 saturated carbocycles. The highest BCUT2D eigenvalue weighted by Gasteiger charge is 2.42. The normalized spacial score (nSPS) is 14.8. The first-order chi connectivity index (χ1) is 17.4. The van der Waals surface area contributed by atoms with Gasteiger partial charge in [0, 0.05) is 11.6 Å². The van der Waals surface area contributed by atoms with Crippen LogP contribution in [-0.4, -0.2) is 36.2 Å². The predicted molar refractivity (Wildman–Crippen MR) is 136 cm³/mol. The molecule has 5 rings (SSSR count). The zero-order valence-electron chi connectivity index (χ0n) is 19.8. The Hall–Kier alpha value is -3.97. The lowest BCUT2D eigenvalue weighted by atomic mass is 9.97. The van der Waals surface area contributed by atoms with Crippen molar-refractivity contribution in [2.75, 3.05) is 20.3 Å². The molecule has 0 saturated heterocycles. The van der Waals surface area contributed by atoms with Gasteiger partial charge in [0.1, 0.15) is 11.3 Å². The van der Waals surface area contributed by atoms with Crippen molar-refractivity contribution < 1.29 is 23.8 Å². The van der Waals surface area contributed by atoms with E-state index in [1.54, 1.807) is 42.3 Å². The molecule has 1 N–H and O–H groups in total. The van der Waals surface area contributed by atoms with Crippen LogP contribution in [0, 0.1) is 0 Å². The lowest BCUT2D eigenvalue weighted by Crippen LogP contribution is -2.31. The van der Waals surface area contributed by atoms with Crippen LogP contribution in [0.15, 0.2) is 69.9 Å². The molecule has 0 spiro atoms. The molecule has 4 aromatic rings. The molecular formula is C28H24ClNO6. The van der Waals surface area contributed by atoms with Gasteiger partial charge in [-0.3, -0.25) is 9.59 Å². The van der Waals surface area contributed by atoms with Crippen LogP contribution in [0.2, 0.25) is 5.02 Å². The van der Waals surface area contributed by atoms with Gasteiger partial charge in [-0.2, -0.15) is 0 Å². The molecule has 1 aromatic heterocycles. The van der Waals surface area contributed by atoms with Crippen LogP contribution in [0.5, 0.6) is 17.2 Å². The molecule has 0 bridgehead atoms. The molecule has 0 aliphatic carbocycles. The summed E-state index contributed by atoms with van der Waals surface area (Å²) >= 11 is 6.15. The van der Waals surface area contributed by atoms with Gasteiger partial charge < -0.3 is 23.9 Å². The van der Waals surface area contributed by atoms with Gasteiger partial charge in [-0.1, -0.05) is 29.8 Å². The Labute approximate surface area is 212 Å². The summed E-state index contributed by atoms with van der Waals surface area (Å²) in [6.45, 7) is 2.50. The number of phenols is 1. The fraction of sp³-hybridized carbons (Fsp3) is 0.214. The van der Waals surface area contributed by atoms with E-state index in [-0.39, 0.29) is 34.2 Å². The standard InChI is InChI=1S/C28H24ClNO6/c1-3-35-23-14-17(6-10-21(23)31)25-24-26(32)20-15-18(29)7-11-22(20)36-27(24)28(33)30(25)13-12-16-4-8-19(34-2)9-5-16/h4-11,14-15,25,31H,3,12-13H2,1-2H3. The van der Waals surface area contributed by atoms with Crippen molar-refractivity contribution in [3.63, 3.8) is 0 Å². The summed E-state index contributed by atoms with van der Waals surface area (Å²) in [7, 11) is 1.61. The second kappa shape index (κ2) is 9.59. The van der Waals surface area contributed by atoms with Gasteiger partial charge in [0.05, 0.1) is 30.7 Å². The number of fused-ring (bicyclic) bond motifs is 2. The SMILES string of the molecule is CCOc1cc(C2c3c(oc4ccc(Cl)cc4c3=O)C(=O)N2CCc2ccc(OC)cc2)ccc1O. The van der Waals surface area contributed by atoms with E-state index in [2.05, 4.69) is 0 Å². The maximum atomic E-state index is 13.7. The average Bonchev–Trinajstić information content (AvgIpc) is 3.16. The summed E-state index contributed by atoms with van der Waals surface area (Å²) in [5, 5.41) is 10.9. The largest absolute Gasteiger partial charge is 0.504 e. The van der Waals surface area contributed by atoms with Crippen LogP contribution < -0.4 is 14.9 Å².